The highest BCUT2D eigenvalue weighted by molar-refractivity contribution is 7.92. The molecule has 0 aromatic heterocycles. The minimum absolute atomic E-state index is 0.0500. The minimum atomic E-state index is -3.94. The Balaban J connectivity index is 1.67. The van der Waals surface area contributed by atoms with E-state index in [2.05, 4.69) is 4.72 Å². The summed E-state index contributed by atoms with van der Waals surface area (Å²) in [4.78, 5) is 16.1. The lowest BCUT2D eigenvalue weighted by Crippen LogP contribution is -2.48. The second-order valence-electron chi connectivity index (χ2n) is 12.5. The first-order chi connectivity index (χ1) is 22.7. The molecule has 0 fully saturated rings. The Morgan fingerprint density at radius 2 is 1.67 bits per heavy atom. The van der Waals surface area contributed by atoms with Crippen molar-refractivity contribution in [3.8, 4) is 5.75 Å². The molecule has 1 aliphatic heterocycles. The average molecular weight is 702 g/mol. The van der Waals surface area contributed by atoms with Crippen LogP contribution in [0.2, 0.25) is 0 Å². The molecule has 1 heterocycles. The zero-order chi connectivity index (χ0) is 35.1. The molecule has 11 nitrogen and oxygen atoms in total. The maximum Gasteiger partial charge on any atom is 0.261 e. The van der Waals surface area contributed by atoms with Gasteiger partial charge < -0.3 is 19.5 Å². The van der Waals surface area contributed by atoms with Crippen LogP contribution in [0.5, 0.6) is 5.75 Å². The number of rotatable bonds is 9. The number of likely N-dealkylation sites (N-methyl/N-ethyl adjacent to an activating group) is 1. The number of anilines is 1. The van der Waals surface area contributed by atoms with Crippen LogP contribution in [0.15, 0.2) is 82.6 Å². The first-order valence-electron chi connectivity index (χ1n) is 16.2. The number of nitrogens with one attached hydrogen (secondary N) is 1. The molecule has 0 saturated carbocycles. The molecule has 262 valence electrons. The van der Waals surface area contributed by atoms with Crippen molar-refractivity contribution in [3.05, 3.63) is 83.9 Å². The molecule has 3 aromatic rings. The van der Waals surface area contributed by atoms with Gasteiger partial charge in [0.15, 0.2) is 0 Å². The Bertz CT molecular complexity index is 1740. The normalized spacial score (nSPS) is 20.8. The van der Waals surface area contributed by atoms with Crippen LogP contribution in [0, 0.1) is 12.8 Å². The van der Waals surface area contributed by atoms with Crippen molar-refractivity contribution in [3.63, 3.8) is 0 Å². The maximum absolute atomic E-state index is 14.4. The largest absolute Gasteiger partial charge is 0.490 e. The van der Waals surface area contributed by atoms with Gasteiger partial charge in [0, 0.05) is 38.3 Å². The van der Waals surface area contributed by atoms with Gasteiger partial charge in [0.05, 0.1) is 40.2 Å². The summed E-state index contributed by atoms with van der Waals surface area (Å²) in [6.45, 7) is 7.62. The van der Waals surface area contributed by atoms with Crippen molar-refractivity contribution in [2.75, 3.05) is 38.1 Å². The van der Waals surface area contributed by atoms with Crippen molar-refractivity contribution in [2.45, 2.75) is 75.0 Å². The van der Waals surface area contributed by atoms with E-state index in [1.54, 1.807) is 61.5 Å². The van der Waals surface area contributed by atoms with Crippen LogP contribution >= 0.6 is 0 Å². The van der Waals surface area contributed by atoms with Gasteiger partial charge in [-0.2, -0.15) is 4.31 Å². The number of aryl methyl sites for hydroxylation is 1. The number of sulfonamides is 2. The van der Waals surface area contributed by atoms with Crippen LogP contribution in [-0.2, 0) is 24.8 Å². The van der Waals surface area contributed by atoms with Crippen LogP contribution in [0.25, 0.3) is 0 Å². The fourth-order valence-electron chi connectivity index (χ4n) is 5.50. The van der Waals surface area contributed by atoms with Gasteiger partial charge in [-0.25, -0.2) is 16.8 Å². The molecule has 4 rings (SSSR count). The van der Waals surface area contributed by atoms with E-state index in [4.69, 9.17) is 9.47 Å². The molecule has 0 spiro atoms. The predicted molar refractivity (Wildman–Crippen MR) is 185 cm³/mol. The molecule has 0 aliphatic carbocycles. The number of fused-ring (bicyclic) bond motifs is 1. The standard InChI is InChI=1S/C35H47N3O8S2/c1-25-14-17-31(18-15-25)48(43,44)37(5)23-34-26(2)22-38(27(3)24-39)35(40)32-21-29(36-47(41,42)30-12-7-6-8-13-30)16-19-33(32)46-28(4)11-9-10-20-45-34/h6-8,12-19,21,26-28,34,36,39H,9-11,20,22-24H2,1-5H3/t26-,27+,28-,34-/m1/s1. The molecule has 0 unspecified atom stereocenters. The molecular weight excluding hydrogens is 655 g/mol. The summed E-state index contributed by atoms with van der Waals surface area (Å²) in [6, 6.07) is 18.6. The van der Waals surface area contributed by atoms with E-state index in [0.29, 0.717) is 25.2 Å². The maximum atomic E-state index is 14.4. The Morgan fingerprint density at radius 1 is 0.979 bits per heavy atom. The summed E-state index contributed by atoms with van der Waals surface area (Å²) in [6.07, 6.45) is 1.31. The number of hydrogen-bond donors (Lipinski definition) is 2. The molecule has 0 saturated heterocycles. The number of aliphatic hydroxyl groups is 1. The van der Waals surface area contributed by atoms with Gasteiger partial charge in [0.2, 0.25) is 10.0 Å². The monoisotopic (exact) mass is 701 g/mol. The first kappa shape index (κ1) is 37.3. The SMILES string of the molecule is Cc1ccc(S(=O)(=O)N(C)C[C@H]2OCCCC[C@@H](C)Oc3ccc(NS(=O)(=O)c4ccccc4)cc3C(=O)N([C@@H](C)CO)C[C@H]2C)cc1. The number of carbonyl (C=O) groups excluding carboxylic acids is 1. The molecule has 3 aromatic carbocycles. The highest BCUT2D eigenvalue weighted by atomic mass is 32.2. The number of nitrogens with zero attached hydrogens (tertiary/aromatic N) is 2. The van der Waals surface area contributed by atoms with Crippen LogP contribution in [0.3, 0.4) is 0 Å². The van der Waals surface area contributed by atoms with Gasteiger partial charge in [-0.3, -0.25) is 9.52 Å². The number of carbonyl (C=O) groups is 1. The van der Waals surface area contributed by atoms with Crippen LogP contribution in [-0.4, -0.2) is 88.7 Å². The topological polar surface area (TPSA) is 143 Å². The second kappa shape index (κ2) is 16.3. The Labute approximate surface area is 285 Å². The van der Waals surface area contributed by atoms with Crippen molar-refractivity contribution < 1.29 is 36.2 Å². The molecular formula is C35H47N3O8S2. The lowest BCUT2D eigenvalue weighted by atomic mass is 10.0. The van der Waals surface area contributed by atoms with E-state index in [1.807, 2.05) is 20.8 Å². The van der Waals surface area contributed by atoms with Crippen LogP contribution in [0.1, 0.15) is 56.0 Å². The molecule has 4 atom stereocenters. The third kappa shape index (κ3) is 9.35. The Kier molecular flexibility index (Phi) is 12.7. The van der Waals surface area contributed by atoms with E-state index >= 15 is 0 Å². The number of hydrogen-bond acceptors (Lipinski definition) is 8. The van der Waals surface area contributed by atoms with Gasteiger partial charge in [0.1, 0.15) is 5.75 Å². The quantitative estimate of drug-likeness (QED) is 0.321. The summed E-state index contributed by atoms with van der Waals surface area (Å²) in [5.41, 5.74) is 1.26. The van der Waals surface area contributed by atoms with Crippen molar-refractivity contribution >= 4 is 31.6 Å². The van der Waals surface area contributed by atoms with Gasteiger partial charge in [-0.1, -0.05) is 42.8 Å². The first-order valence-corrected chi connectivity index (χ1v) is 19.1. The summed E-state index contributed by atoms with van der Waals surface area (Å²) in [7, 11) is -6.23. The van der Waals surface area contributed by atoms with E-state index in [9.17, 15) is 26.7 Å². The molecule has 13 heteroatoms. The number of amides is 1. The van der Waals surface area contributed by atoms with Crippen molar-refractivity contribution in [1.82, 2.24) is 9.21 Å². The zero-order valence-corrected chi connectivity index (χ0v) is 29.8. The second-order valence-corrected chi connectivity index (χ2v) is 16.3. The fraction of sp³-hybridized carbons (Fsp3) is 0.457. The average Bonchev–Trinajstić information content (AvgIpc) is 3.06. The van der Waals surface area contributed by atoms with E-state index in [0.717, 1.165) is 12.0 Å². The smallest absolute Gasteiger partial charge is 0.261 e. The number of benzene rings is 3. The summed E-state index contributed by atoms with van der Waals surface area (Å²) in [5, 5.41) is 10.2. The van der Waals surface area contributed by atoms with Gasteiger partial charge in [-0.05, 0) is 82.5 Å². The lowest BCUT2D eigenvalue weighted by molar-refractivity contribution is -0.00833. The third-order valence-electron chi connectivity index (χ3n) is 8.52. The molecule has 48 heavy (non-hydrogen) atoms. The number of ether oxygens (including phenoxy) is 2. The minimum Gasteiger partial charge on any atom is -0.490 e. The molecule has 1 amide bonds. The van der Waals surface area contributed by atoms with Gasteiger partial charge in [-0.15, -0.1) is 0 Å². The van der Waals surface area contributed by atoms with E-state index in [-0.39, 0.29) is 52.8 Å². The lowest BCUT2D eigenvalue weighted by Gasteiger charge is -2.35. The van der Waals surface area contributed by atoms with Crippen molar-refractivity contribution in [2.24, 2.45) is 5.92 Å². The van der Waals surface area contributed by atoms with Crippen LogP contribution < -0.4 is 9.46 Å². The Morgan fingerprint density at radius 3 is 2.33 bits per heavy atom. The van der Waals surface area contributed by atoms with Gasteiger partial charge in [0.25, 0.3) is 15.9 Å². The zero-order valence-electron chi connectivity index (χ0n) is 28.2. The number of aliphatic hydroxyl groups excluding tert-OH is 1. The molecule has 0 bridgehead atoms. The van der Waals surface area contributed by atoms with Gasteiger partial charge >= 0.3 is 0 Å². The van der Waals surface area contributed by atoms with Crippen LogP contribution in [0.4, 0.5) is 5.69 Å². The predicted octanol–water partition coefficient (Wildman–Crippen LogP) is 4.91. The van der Waals surface area contributed by atoms with E-state index < -0.39 is 38.1 Å². The summed E-state index contributed by atoms with van der Waals surface area (Å²) >= 11 is 0. The summed E-state index contributed by atoms with van der Waals surface area (Å²) in [5.74, 6) is -0.529. The molecule has 0 radical (unpaired) electrons. The molecule has 1 aliphatic rings. The third-order valence-corrected chi connectivity index (χ3v) is 11.8. The van der Waals surface area contributed by atoms with E-state index in [1.165, 1.54) is 34.5 Å². The highest BCUT2D eigenvalue weighted by Crippen LogP contribution is 2.30. The highest BCUT2D eigenvalue weighted by Gasteiger charge is 2.32. The van der Waals surface area contributed by atoms with Crippen molar-refractivity contribution in [1.29, 1.82) is 0 Å². The Hall–Kier alpha value is -3.49. The molecule has 2 N–H and O–H groups in total. The summed E-state index contributed by atoms with van der Waals surface area (Å²) < 4.78 is 69.5. The fourth-order valence-corrected chi connectivity index (χ4v) is 7.76.